The Kier molecular flexibility index (Phi) is 10.5. The summed E-state index contributed by atoms with van der Waals surface area (Å²) >= 11 is 5.88. The van der Waals surface area contributed by atoms with Crippen molar-refractivity contribution in [2.75, 3.05) is 24.7 Å². The van der Waals surface area contributed by atoms with Gasteiger partial charge in [-0.15, -0.1) is 0 Å². The van der Waals surface area contributed by atoms with Crippen molar-refractivity contribution < 1.29 is 14.9 Å². The summed E-state index contributed by atoms with van der Waals surface area (Å²) in [6.07, 6.45) is 0.672. The van der Waals surface area contributed by atoms with Gasteiger partial charge in [0.25, 0.3) is 0 Å². The lowest BCUT2D eigenvalue weighted by atomic mass is 10.3. The Balaban J connectivity index is 0.00000102. The van der Waals surface area contributed by atoms with E-state index >= 15 is 0 Å². The summed E-state index contributed by atoms with van der Waals surface area (Å²) in [5.74, 6) is 1.46. The first-order valence-corrected chi connectivity index (χ1v) is 7.89. The average molecular weight is 332 g/mol. The third kappa shape index (κ3) is 6.17. The molecule has 2 N–H and O–H groups in total. The monoisotopic (exact) mass is 331 g/mol. The standard InChI is InChI=1S/C11H14ClN3O3.2C2H6/c1-7-5-15(2-3-18-7)10-4-9(12)13-11(14-10)8(17)6-16;2*1-2/h4-5,8,16-17H,2-3,6H2,1H3;2*1-2H3. The molecule has 0 aliphatic carbocycles. The topological polar surface area (TPSA) is 78.7 Å². The number of ether oxygens (including phenoxy) is 1. The molecule has 1 aromatic rings. The molecule has 1 aromatic heterocycles. The molecular formula is C15H26ClN3O3. The molecule has 1 unspecified atom stereocenters. The third-order valence-electron chi connectivity index (χ3n) is 2.46. The van der Waals surface area contributed by atoms with Gasteiger partial charge in [0, 0.05) is 12.3 Å². The number of aliphatic hydroxyl groups is 2. The zero-order valence-corrected chi connectivity index (χ0v) is 14.6. The van der Waals surface area contributed by atoms with Crippen molar-refractivity contribution in [1.82, 2.24) is 9.97 Å². The van der Waals surface area contributed by atoms with Gasteiger partial charge in [-0.2, -0.15) is 0 Å². The Morgan fingerprint density at radius 2 is 1.95 bits per heavy atom. The highest BCUT2D eigenvalue weighted by atomic mass is 35.5. The Morgan fingerprint density at radius 1 is 1.32 bits per heavy atom. The molecule has 126 valence electrons. The van der Waals surface area contributed by atoms with Crippen molar-refractivity contribution in [3.05, 3.63) is 29.0 Å². The summed E-state index contributed by atoms with van der Waals surface area (Å²) in [7, 11) is 0. The number of aliphatic hydroxyl groups excluding tert-OH is 2. The Hall–Kier alpha value is -1.37. The molecule has 2 rings (SSSR count). The smallest absolute Gasteiger partial charge is 0.163 e. The van der Waals surface area contributed by atoms with Crippen molar-refractivity contribution in [3.63, 3.8) is 0 Å². The van der Waals surface area contributed by atoms with E-state index in [9.17, 15) is 5.11 Å². The van der Waals surface area contributed by atoms with Crippen LogP contribution in [0.3, 0.4) is 0 Å². The number of anilines is 1. The molecule has 1 aliphatic rings. The van der Waals surface area contributed by atoms with Gasteiger partial charge in [-0.05, 0) is 6.92 Å². The van der Waals surface area contributed by atoms with E-state index in [1.165, 1.54) is 0 Å². The third-order valence-corrected chi connectivity index (χ3v) is 2.66. The van der Waals surface area contributed by atoms with E-state index in [2.05, 4.69) is 9.97 Å². The van der Waals surface area contributed by atoms with Crippen molar-refractivity contribution in [1.29, 1.82) is 0 Å². The van der Waals surface area contributed by atoms with E-state index in [0.29, 0.717) is 19.0 Å². The van der Waals surface area contributed by atoms with Crippen LogP contribution in [0, 0.1) is 0 Å². The van der Waals surface area contributed by atoms with E-state index in [4.69, 9.17) is 21.4 Å². The SMILES string of the molecule is CC.CC.CC1=CN(c2cc(Cl)nc(C(O)CO)n2)CCO1. The van der Waals surface area contributed by atoms with E-state index in [1.807, 2.05) is 39.5 Å². The molecule has 7 heteroatoms. The average Bonchev–Trinajstić information content (AvgIpc) is 2.57. The second-order valence-corrected chi connectivity index (χ2v) is 4.27. The Labute approximate surface area is 137 Å². The summed E-state index contributed by atoms with van der Waals surface area (Å²) < 4.78 is 5.31. The van der Waals surface area contributed by atoms with Crippen LogP contribution >= 0.6 is 11.6 Å². The molecule has 2 heterocycles. The zero-order valence-electron chi connectivity index (χ0n) is 13.9. The number of hydrogen-bond donors (Lipinski definition) is 2. The molecule has 6 nitrogen and oxygen atoms in total. The summed E-state index contributed by atoms with van der Waals surface area (Å²) in [5.41, 5.74) is 0. The number of hydrogen-bond acceptors (Lipinski definition) is 6. The molecular weight excluding hydrogens is 306 g/mol. The second kappa shape index (κ2) is 11.2. The summed E-state index contributed by atoms with van der Waals surface area (Å²) in [4.78, 5) is 9.93. The Morgan fingerprint density at radius 3 is 2.50 bits per heavy atom. The maximum atomic E-state index is 9.54. The molecule has 22 heavy (non-hydrogen) atoms. The van der Waals surface area contributed by atoms with Crippen molar-refractivity contribution in [2.24, 2.45) is 0 Å². The molecule has 0 amide bonds. The van der Waals surface area contributed by atoms with Gasteiger partial charge in [0.1, 0.15) is 29.4 Å². The maximum Gasteiger partial charge on any atom is 0.163 e. The van der Waals surface area contributed by atoms with Gasteiger partial charge in [0.05, 0.1) is 13.2 Å². The molecule has 0 radical (unpaired) electrons. The van der Waals surface area contributed by atoms with Crippen molar-refractivity contribution in [3.8, 4) is 0 Å². The normalized spacial score (nSPS) is 14.5. The molecule has 0 fully saturated rings. The fraction of sp³-hybridized carbons (Fsp3) is 0.600. The molecule has 0 saturated heterocycles. The lowest BCUT2D eigenvalue weighted by Gasteiger charge is -2.25. The van der Waals surface area contributed by atoms with Gasteiger partial charge < -0.3 is 19.8 Å². The van der Waals surface area contributed by atoms with E-state index in [0.717, 1.165) is 5.76 Å². The minimum atomic E-state index is -1.13. The largest absolute Gasteiger partial charge is 0.495 e. The molecule has 1 atom stereocenters. The van der Waals surface area contributed by atoms with E-state index in [1.54, 1.807) is 12.3 Å². The predicted octanol–water partition coefficient (Wildman–Crippen LogP) is 2.91. The van der Waals surface area contributed by atoms with Crippen LogP contribution < -0.4 is 4.90 Å². The number of aromatic nitrogens is 2. The fourth-order valence-corrected chi connectivity index (χ4v) is 1.79. The minimum Gasteiger partial charge on any atom is -0.495 e. The molecule has 0 bridgehead atoms. The van der Waals surface area contributed by atoms with Crippen LogP contribution in [0.4, 0.5) is 5.82 Å². The number of nitrogens with zero attached hydrogens (tertiary/aromatic N) is 3. The Bertz CT molecular complexity index is 469. The number of halogens is 1. The van der Waals surface area contributed by atoms with E-state index < -0.39 is 12.7 Å². The molecule has 1 aliphatic heterocycles. The molecule has 0 spiro atoms. The van der Waals surface area contributed by atoms with Gasteiger partial charge in [-0.1, -0.05) is 39.3 Å². The first-order valence-electron chi connectivity index (χ1n) is 7.51. The summed E-state index contributed by atoms with van der Waals surface area (Å²) in [6, 6.07) is 1.60. The van der Waals surface area contributed by atoms with Crippen LogP contribution in [0.15, 0.2) is 18.0 Å². The van der Waals surface area contributed by atoms with Gasteiger partial charge in [-0.25, -0.2) is 9.97 Å². The minimum absolute atomic E-state index is 0.109. The zero-order chi connectivity index (χ0) is 17.1. The summed E-state index contributed by atoms with van der Waals surface area (Å²) in [5, 5.41) is 18.7. The van der Waals surface area contributed by atoms with Crippen LogP contribution in [0.2, 0.25) is 5.15 Å². The lowest BCUT2D eigenvalue weighted by molar-refractivity contribution is 0.0886. The van der Waals surface area contributed by atoms with Crippen LogP contribution in [0.1, 0.15) is 46.5 Å². The van der Waals surface area contributed by atoms with Crippen LogP contribution in [0.5, 0.6) is 0 Å². The number of allylic oxidation sites excluding steroid dienone is 1. The maximum absolute atomic E-state index is 9.54. The lowest BCUT2D eigenvalue weighted by Crippen LogP contribution is -2.27. The van der Waals surface area contributed by atoms with Gasteiger partial charge in [0.2, 0.25) is 0 Å². The van der Waals surface area contributed by atoms with E-state index in [-0.39, 0.29) is 11.0 Å². The fourth-order valence-electron chi connectivity index (χ4n) is 1.61. The summed E-state index contributed by atoms with van der Waals surface area (Å²) in [6.45, 7) is 10.6. The highest BCUT2D eigenvalue weighted by Gasteiger charge is 2.16. The first kappa shape index (κ1) is 20.6. The van der Waals surface area contributed by atoms with Gasteiger partial charge in [-0.3, -0.25) is 0 Å². The predicted molar refractivity (Wildman–Crippen MR) is 88.8 cm³/mol. The first-order chi connectivity index (χ1) is 10.6. The van der Waals surface area contributed by atoms with Crippen LogP contribution in [0.25, 0.3) is 0 Å². The number of rotatable bonds is 3. The quantitative estimate of drug-likeness (QED) is 0.829. The van der Waals surface area contributed by atoms with Gasteiger partial charge in [0.15, 0.2) is 5.82 Å². The van der Waals surface area contributed by atoms with Crippen molar-refractivity contribution >= 4 is 17.4 Å². The molecule has 0 saturated carbocycles. The van der Waals surface area contributed by atoms with Crippen LogP contribution in [-0.4, -0.2) is 39.9 Å². The highest BCUT2D eigenvalue weighted by molar-refractivity contribution is 6.29. The van der Waals surface area contributed by atoms with Crippen molar-refractivity contribution in [2.45, 2.75) is 40.7 Å². The second-order valence-electron chi connectivity index (χ2n) is 3.89. The highest BCUT2D eigenvalue weighted by Crippen LogP contribution is 2.21. The van der Waals surface area contributed by atoms with Gasteiger partial charge >= 0.3 is 0 Å². The van der Waals surface area contributed by atoms with Crippen LogP contribution in [-0.2, 0) is 4.74 Å². The molecule has 0 aromatic carbocycles.